The van der Waals surface area contributed by atoms with Gasteiger partial charge >= 0.3 is 0 Å². The molecule has 1 saturated heterocycles. The molecule has 5 heteroatoms. The van der Waals surface area contributed by atoms with Crippen molar-refractivity contribution >= 4 is 17.7 Å². The third kappa shape index (κ3) is 3.83. The molecule has 2 aromatic rings. The van der Waals surface area contributed by atoms with Gasteiger partial charge < -0.3 is 4.90 Å². The van der Waals surface area contributed by atoms with E-state index in [0.29, 0.717) is 11.8 Å². The number of aryl methyl sites for hydroxylation is 2. The number of piperidine rings is 1. The van der Waals surface area contributed by atoms with E-state index >= 15 is 0 Å². The number of likely N-dealkylation sites (tertiary alicyclic amines) is 1. The summed E-state index contributed by atoms with van der Waals surface area (Å²) in [6.07, 6.45) is 7.24. The molecule has 0 saturated carbocycles. The molecule has 3 rings (SSSR count). The SMILES string of the molecule is Cc1cc(C)cc(-n2ccnc2SCC(=O)N2CCCCC2C)c1. The Labute approximate surface area is 148 Å². The molecule has 0 spiro atoms. The molecule has 0 N–H and O–H groups in total. The van der Waals surface area contributed by atoms with Gasteiger partial charge in [-0.1, -0.05) is 17.8 Å². The van der Waals surface area contributed by atoms with Crippen molar-refractivity contribution in [1.29, 1.82) is 0 Å². The number of hydrogen-bond donors (Lipinski definition) is 0. The fourth-order valence-electron chi connectivity index (χ4n) is 3.36. The van der Waals surface area contributed by atoms with Crippen molar-refractivity contribution in [3.05, 3.63) is 41.7 Å². The lowest BCUT2D eigenvalue weighted by Crippen LogP contribution is -2.42. The first-order valence-electron chi connectivity index (χ1n) is 8.59. The number of carbonyl (C=O) groups excluding carboxylic acids is 1. The topological polar surface area (TPSA) is 38.1 Å². The molecule has 1 amide bonds. The summed E-state index contributed by atoms with van der Waals surface area (Å²) in [6.45, 7) is 7.24. The van der Waals surface area contributed by atoms with Crippen LogP contribution >= 0.6 is 11.8 Å². The van der Waals surface area contributed by atoms with Crippen LogP contribution < -0.4 is 0 Å². The van der Waals surface area contributed by atoms with Crippen molar-refractivity contribution in [3.63, 3.8) is 0 Å². The molecule has 1 unspecified atom stereocenters. The van der Waals surface area contributed by atoms with Crippen LogP contribution in [0, 0.1) is 13.8 Å². The van der Waals surface area contributed by atoms with Crippen LogP contribution in [-0.4, -0.2) is 38.7 Å². The van der Waals surface area contributed by atoms with E-state index in [0.717, 1.165) is 30.2 Å². The first-order valence-corrected chi connectivity index (χ1v) is 9.57. The van der Waals surface area contributed by atoms with Crippen LogP contribution in [0.3, 0.4) is 0 Å². The van der Waals surface area contributed by atoms with Gasteiger partial charge in [-0.15, -0.1) is 0 Å². The normalized spacial score (nSPS) is 18.0. The van der Waals surface area contributed by atoms with Crippen LogP contribution in [0.4, 0.5) is 0 Å². The second kappa shape index (κ2) is 7.43. The third-order valence-corrected chi connectivity index (χ3v) is 5.49. The number of hydrogen-bond acceptors (Lipinski definition) is 3. The second-order valence-electron chi connectivity index (χ2n) is 6.65. The number of thioether (sulfide) groups is 1. The quantitative estimate of drug-likeness (QED) is 0.788. The highest BCUT2D eigenvalue weighted by Crippen LogP contribution is 2.24. The molecule has 1 aromatic carbocycles. The number of nitrogens with zero attached hydrogens (tertiary/aromatic N) is 3. The van der Waals surface area contributed by atoms with E-state index < -0.39 is 0 Å². The van der Waals surface area contributed by atoms with Gasteiger partial charge in [0.05, 0.1) is 5.75 Å². The summed E-state index contributed by atoms with van der Waals surface area (Å²) in [5, 5.41) is 0.873. The molecule has 2 heterocycles. The second-order valence-corrected chi connectivity index (χ2v) is 7.59. The average molecular weight is 343 g/mol. The predicted molar refractivity (Wildman–Crippen MR) is 98.8 cm³/mol. The summed E-state index contributed by atoms with van der Waals surface area (Å²) >= 11 is 1.52. The molecule has 1 aliphatic heterocycles. The summed E-state index contributed by atoms with van der Waals surface area (Å²) in [4.78, 5) is 19.0. The van der Waals surface area contributed by atoms with E-state index in [9.17, 15) is 4.79 Å². The first kappa shape index (κ1) is 17.1. The highest BCUT2D eigenvalue weighted by molar-refractivity contribution is 7.99. The fourth-order valence-corrected chi connectivity index (χ4v) is 4.22. The number of amides is 1. The number of imidazole rings is 1. The molecule has 1 fully saturated rings. The highest BCUT2D eigenvalue weighted by Gasteiger charge is 2.23. The molecule has 1 atom stereocenters. The van der Waals surface area contributed by atoms with Gasteiger partial charge in [0.2, 0.25) is 5.91 Å². The number of rotatable bonds is 4. The minimum absolute atomic E-state index is 0.224. The smallest absolute Gasteiger partial charge is 0.233 e. The van der Waals surface area contributed by atoms with Crippen LogP contribution in [0.5, 0.6) is 0 Å². The van der Waals surface area contributed by atoms with Crippen molar-refractivity contribution in [1.82, 2.24) is 14.5 Å². The van der Waals surface area contributed by atoms with Crippen LogP contribution in [0.15, 0.2) is 35.7 Å². The zero-order valence-corrected chi connectivity index (χ0v) is 15.5. The van der Waals surface area contributed by atoms with E-state index in [4.69, 9.17) is 0 Å². The van der Waals surface area contributed by atoms with Gasteiger partial charge in [0.15, 0.2) is 5.16 Å². The molecule has 0 aliphatic carbocycles. The molecule has 24 heavy (non-hydrogen) atoms. The lowest BCUT2D eigenvalue weighted by atomic mass is 10.0. The van der Waals surface area contributed by atoms with Crippen molar-refractivity contribution in [2.45, 2.75) is 51.2 Å². The number of benzene rings is 1. The Hall–Kier alpha value is -1.75. The van der Waals surface area contributed by atoms with Gasteiger partial charge in [-0.2, -0.15) is 0 Å². The van der Waals surface area contributed by atoms with Crippen molar-refractivity contribution < 1.29 is 4.79 Å². The molecular formula is C19H25N3OS. The lowest BCUT2D eigenvalue weighted by molar-refractivity contribution is -0.131. The zero-order valence-electron chi connectivity index (χ0n) is 14.7. The number of carbonyl (C=O) groups is 1. The van der Waals surface area contributed by atoms with E-state index in [1.165, 1.54) is 29.3 Å². The van der Waals surface area contributed by atoms with Gasteiger partial charge in [-0.3, -0.25) is 9.36 Å². The minimum atomic E-state index is 0.224. The zero-order chi connectivity index (χ0) is 17.1. The highest BCUT2D eigenvalue weighted by atomic mass is 32.2. The predicted octanol–water partition coefficient (Wildman–Crippen LogP) is 3.98. The molecule has 1 aromatic heterocycles. The Morgan fingerprint density at radius 2 is 2.00 bits per heavy atom. The summed E-state index contributed by atoms with van der Waals surface area (Å²) < 4.78 is 2.07. The fraction of sp³-hybridized carbons (Fsp3) is 0.474. The van der Waals surface area contributed by atoms with Gasteiger partial charge in [-0.05, 0) is 63.3 Å². The minimum Gasteiger partial charge on any atom is -0.339 e. The maximum atomic E-state index is 12.5. The third-order valence-electron chi connectivity index (χ3n) is 4.54. The van der Waals surface area contributed by atoms with E-state index in [1.807, 2.05) is 11.1 Å². The Bertz CT molecular complexity index is 705. The van der Waals surface area contributed by atoms with Crippen molar-refractivity contribution in [2.24, 2.45) is 0 Å². The summed E-state index contributed by atoms with van der Waals surface area (Å²) in [7, 11) is 0. The van der Waals surface area contributed by atoms with E-state index in [1.54, 1.807) is 6.20 Å². The maximum absolute atomic E-state index is 12.5. The van der Waals surface area contributed by atoms with Gasteiger partial charge in [0.25, 0.3) is 0 Å². The maximum Gasteiger partial charge on any atom is 0.233 e. The standard InChI is InChI=1S/C19H25N3OS/c1-14-10-15(2)12-17(11-14)22-9-7-20-19(22)24-13-18(23)21-8-5-4-6-16(21)3/h7,9-12,16H,4-6,8,13H2,1-3H3. The monoisotopic (exact) mass is 343 g/mol. The molecular weight excluding hydrogens is 318 g/mol. The van der Waals surface area contributed by atoms with Gasteiger partial charge in [-0.25, -0.2) is 4.98 Å². The number of aromatic nitrogens is 2. The van der Waals surface area contributed by atoms with E-state index in [2.05, 4.69) is 48.5 Å². The van der Waals surface area contributed by atoms with Crippen LogP contribution in [0.25, 0.3) is 5.69 Å². The van der Waals surface area contributed by atoms with Crippen LogP contribution in [0.2, 0.25) is 0 Å². The van der Waals surface area contributed by atoms with Crippen LogP contribution in [0.1, 0.15) is 37.3 Å². The van der Waals surface area contributed by atoms with Crippen LogP contribution in [-0.2, 0) is 4.79 Å². The largest absolute Gasteiger partial charge is 0.339 e. The molecule has 0 bridgehead atoms. The Morgan fingerprint density at radius 3 is 2.71 bits per heavy atom. The lowest BCUT2D eigenvalue weighted by Gasteiger charge is -2.33. The first-order chi connectivity index (χ1) is 11.5. The van der Waals surface area contributed by atoms with Crippen molar-refractivity contribution in [3.8, 4) is 5.69 Å². The summed E-state index contributed by atoms with van der Waals surface area (Å²) in [6, 6.07) is 6.82. The van der Waals surface area contributed by atoms with E-state index in [-0.39, 0.29) is 5.91 Å². The molecule has 0 radical (unpaired) electrons. The molecule has 128 valence electrons. The molecule has 1 aliphatic rings. The molecule has 4 nitrogen and oxygen atoms in total. The van der Waals surface area contributed by atoms with Gasteiger partial charge in [0, 0.05) is 30.7 Å². The summed E-state index contributed by atoms with van der Waals surface area (Å²) in [5.41, 5.74) is 3.56. The van der Waals surface area contributed by atoms with Crippen molar-refractivity contribution in [2.75, 3.05) is 12.3 Å². The Balaban J connectivity index is 1.70. The average Bonchev–Trinajstić information content (AvgIpc) is 3.00. The Morgan fingerprint density at radius 1 is 1.25 bits per heavy atom. The Kier molecular flexibility index (Phi) is 5.29. The van der Waals surface area contributed by atoms with Gasteiger partial charge in [0.1, 0.15) is 0 Å². The summed E-state index contributed by atoms with van der Waals surface area (Å²) in [5.74, 6) is 0.675.